The van der Waals surface area contributed by atoms with Gasteiger partial charge in [0.25, 0.3) is 5.56 Å². The highest BCUT2D eigenvalue weighted by Gasteiger charge is 2.35. The smallest absolute Gasteiger partial charge is 0.338 e. The van der Waals surface area contributed by atoms with Crippen molar-refractivity contribution in [1.29, 1.82) is 0 Å². The largest absolute Gasteiger partial charge is 0.496 e. The first kappa shape index (κ1) is 27.7. The van der Waals surface area contributed by atoms with Gasteiger partial charge in [0.1, 0.15) is 11.8 Å². The lowest BCUT2D eigenvalue weighted by Crippen LogP contribution is -2.40. The van der Waals surface area contributed by atoms with Crippen LogP contribution in [0.1, 0.15) is 46.6 Å². The Morgan fingerprint density at radius 3 is 2.40 bits per heavy atom. The number of para-hydroxylation sites is 1. The third kappa shape index (κ3) is 4.51. The topological polar surface area (TPSA) is 74.8 Å². The van der Waals surface area contributed by atoms with Gasteiger partial charge in [0.15, 0.2) is 4.80 Å². The molecule has 206 valence electrons. The Morgan fingerprint density at radius 2 is 1.75 bits per heavy atom. The van der Waals surface area contributed by atoms with Crippen LogP contribution in [-0.2, 0) is 9.53 Å². The Kier molecular flexibility index (Phi) is 7.33. The van der Waals surface area contributed by atoms with Crippen molar-refractivity contribution in [2.75, 3.05) is 14.2 Å². The number of hydrogen-bond donors (Lipinski definition) is 0. The Labute approximate surface area is 241 Å². The first-order valence-electron chi connectivity index (χ1n) is 12.8. The number of benzene rings is 2. The van der Waals surface area contributed by atoms with Crippen LogP contribution in [0.2, 0.25) is 5.02 Å². The summed E-state index contributed by atoms with van der Waals surface area (Å²) in [6.45, 7) is 10.1. The van der Waals surface area contributed by atoms with Gasteiger partial charge in [0.05, 0.1) is 35.7 Å². The number of aromatic nitrogens is 2. The van der Waals surface area contributed by atoms with Crippen LogP contribution in [-0.4, -0.2) is 29.3 Å². The van der Waals surface area contributed by atoms with Gasteiger partial charge in [-0.15, -0.1) is 0 Å². The van der Waals surface area contributed by atoms with Gasteiger partial charge in [-0.05, 0) is 81.7 Å². The molecule has 1 aliphatic heterocycles. The number of rotatable bonds is 5. The summed E-state index contributed by atoms with van der Waals surface area (Å²) in [6.07, 6.45) is 1.90. The standard InChI is InChI=1S/C31H30ClN3O4S/c1-16-9-8-10-17(2)27(16)34-18(3)13-21(20(34)5)14-25-29(36)35-28(23-15-22(32)11-12-24(23)38-6)26(30(37)39-7)19(4)33-31(35)40-25/h8-15,28H,1-7H3/b25-14-/t28-/m0/s1. The molecule has 1 aliphatic rings. The number of methoxy groups -OCH3 is 2. The SMILES string of the molecule is COC(=O)C1=C(C)N=c2s/c(=C\c3cc(C)n(-c4c(C)cccc4C)c3C)c(=O)n2[C@H]1c1cc(Cl)ccc1OC. The van der Waals surface area contributed by atoms with Gasteiger partial charge < -0.3 is 14.0 Å². The van der Waals surface area contributed by atoms with Crippen molar-refractivity contribution < 1.29 is 14.3 Å². The molecule has 5 rings (SSSR count). The summed E-state index contributed by atoms with van der Waals surface area (Å²) in [5.41, 5.74) is 7.57. The van der Waals surface area contributed by atoms with E-state index in [1.54, 1.807) is 25.1 Å². The Bertz CT molecular complexity index is 1870. The molecule has 0 radical (unpaired) electrons. The number of allylic oxidation sites excluding steroid dienone is 1. The van der Waals surface area contributed by atoms with Crippen molar-refractivity contribution in [1.82, 2.24) is 9.13 Å². The number of carbonyl (C=O) groups is 1. The quantitative estimate of drug-likeness (QED) is 0.311. The Balaban J connectivity index is 1.76. The van der Waals surface area contributed by atoms with Crippen molar-refractivity contribution in [2.24, 2.45) is 4.99 Å². The number of carbonyl (C=O) groups excluding carboxylic acids is 1. The number of halogens is 1. The number of hydrogen-bond acceptors (Lipinski definition) is 6. The Hall–Kier alpha value is -3.88. The van der Waals surface area contributed by atoms with Crippen LogP contribution in [0, 0.1) is 27.7 Å². The van der Waals surface area contributed by atoms with E-state index in [9.17, 15) is 9.59 Å². The monoisotopic (exact) mass is 575 g/mol. The van der Waals surface area contributed by atoms with Gasteiger partial charge in [-0.25, -0.2) is 9.79 Å². The second-order valence-electron chi connectivity index (χ2n) is 9.86. The Morgan fingerprint density at radius 1 is 1.05 bits per heavy atom. The number of nitrogens with zero attached hydrogens (tertiary/aromatic N) is 3. The molecule has 1 atom stereocenters. The van der Waals surface area contributed by atoms with Gasteiger partial charge in [0.2, 0.25) is 0 Å². The van der Waals surface area contributed by atoms with Crippen molar-refractivity contribution in [3.63, 3.8) is 0 Å². The van der Waals surface area contributed by atoms with E-state index in [1.807, 2.05) is 6.08 Å². The molecule has 2 aromatic heterocycles. The van der Waals surface area contributed by atoms with E-state index in [0.717, 1.165) is 22.6 Å². The number of esters is 1. The number of aryl methyl sites for hydroxylation is 3. The highest BCUT2D eigenvalue weighted by molar-refractivity contribution is 7.07. The zero-order chi connectivity index (χ0) is 28.9. The average molecular weight is 576 g/mol. The molecule has 40 heavy (non-hydrogen) atoms. The molecule has 9 heteroatoms. The van der Waals surface area contributed by atoms with Crippen LogP contribution in [0.5, 0.6) is 5.75 Å². The summed E-state index contributed by atoms with van der Waals surface area (Å²) in [5, 5.41) is 0.454. The summed E-state index contributed by atoms with van der Waals surface area (Å²) >= 11 is 7.66. The molecule has 0 fully saturated rings. The van der Waals surface area contributed by atoms with Gasteiger partial charge in [0, 0.05) is 22.0 Å². The maximum Gasteiger partial charge on any atom is 0.338 e. The lowest BCUT2D eigenvalue weighted by atomic mass is 9.95. The molecular formula is C31H30ClN3O4S. The predicted octanol–water partition coefficient (Wildman–Crippen LogP) is 5.09. The first-order chi connectivity index (χ1) is 19.1. The molecule has 0 saturated carbocycles. The molecule has 7 nitrogen and oxygen atoms in total. The summed E-state index contributed by atoms with van der Waals surface area (Å²) in [4.78, 5) is 32.2. The van der Waals surface area contributed by atoms with E-state index in [2.05, 4.69) is 61.5 Å². The summed E-state index contributed by atoms with van der Waals surface area (Å²) in [5.74, 6) is -0.0723. The van der Waals surface area contributed by atoms with Crippen molar-refractivity contribution in [2.45, 2.75) is 40.7 Å². The van der Waals surface area contributed by atoms with E-state index >= 15 is 0 Å². The minimum absolute atomic E-state index is 0.259. The molecule has 2 aromatic carbocycles. The van der Waals surface area contributed by atoms with Crippen molar-refractivity contribution in [3.05, 3.63) is 112 Å². The maximum atomic E-state index is 14.1. The minimum Gasteiger partial charge on any atom is -0.496 e. The molecule has 4 aromatic rings. The summed E-state index contributed by atoms with van der Waals surface area (Å²) < 4.78 is 15.0. The van der Waals surface area contributed by atoms with Crippen molar-refractivity contribution in [3.8, 4) is 11.4 Å². The zero-order valence-corrected chi connectivity index (χ0v) is 25.0. The highest BCUT2D eigenvalue weighted by Crippen LogP contribution is 2.37. The maximum absolute atomic E-state index is 14.1. The molecular weight excluding hydrogens is 546 g/mol. The van der Waals surface area contributed by atoms with E-state index < -0.39 is 12.0 Å². The number of thiazole rings is 1. The predicted molar refractivity (Wildman–Crippen MR) is 159 cm³/mol. The van der Waals surface area contributed by atoms with Gasteiger partial charge in [-0.2, -0.15) is 0 Å². The summed E-state index contributed by atoms with van der Waals surface area (Å²) in [6, 6.07) is 12.7. The fraction of sp³-hybridized carbons (Fsp3) is 0.258. The van der Waals surface area contributed by atoms with E-state index in [1.165, 1.54) is 41.3 Å². The lowest BCUT2D eigenvalue weighted by molar-refractivity contribution is -0.136. The normalized spacial score (nSPS) is 15.2. The van der Waals surface area contributed by atoms with Crippen LogP contribution in [0.3, 0.4) is 0 Å². The fourth-order valence-corrected chi connectivity index (χ4v) is 6.70. The summed E-state index contributed by atoms with van der Waals surface area (Å²) in [7, 11) is 2.85. The lowest BCUT2D eigenvalue weighted by Gasteiger charge is -2.25. The zero-order valence-electron chi connectivity index (χ0n) is 23.5. The third-order valence-electron chi connectivity index (χ3n) is 7.33. The average Bonchev–Trinajstić information content (AvgIpc) is 3.37. The molecule has 0 N–H and O–H groups in total. The van der Waals surface area contributed by atoms with Gasteiger partial charge in [-0.3, -0.25) is 9.36 Å². The van der Waals surface area contributed by atoms with Crippen LogP contribution >= 0.6 is 22.9 Å². The molecule has 0 aliphatic carbocycles. The van der Waals surface area contributed by atoms with Gasteiger partial charge in [-0.1, -0.05) is 41.1 Å². The number of ether oxygens (including phenoxy) is 2. The van der Waals surface area contributed by atoms with Gasteiger partial charge >= 0.3 is 5.97 Å². The minimum atomic E-state index is -0.818. The first-order valence-corrected chi connectivity index (χ1v) is 14.0. The van der Waals surface area contributed by atoms with Crippen LogP contribution in [0.4, 0.5) is 0 Å². The molecule has 0 bridgehead atoms. The van der Waals surface area contributed by atoms with E-state index in [4.69, 9.17) is 21.1 Å². The highest BCUT2D eigenvalue weighted by atomic mass is 35.5. The van der Waals surface area contributed by atoms with Crippen molar-refractivity contribution >= 4 is 35.0 Å². The fourth-order valence-electron chi connectivity index (χ4n) is 5.48. The molecule has 0 unspecified atom stereocenters. The van der Waals surface area contributed by atoms with Crippen LogP contribution in [0.25, 0.3) is 11.8 Å². The number of fused-ring (bicyclic) bond motifs is 1. The van der Waals surface area contributed by atoms with Crippen LogP contribution < -0.4 is 19.6 Å². The van der Waals surface area contributed by atoms with Crippen LogP contribution in [0.15, 0.2) is 63.5 Å². The van der Waals surface area contributed by atoms with E-state index in [-0.39, 0.29) is 11.1 Å². The molecule has 0 saturated heterocycles. The molecule has 0 spiro atoms. The molecule has 3 heterocycles. The second-order valence-corrected chi connectivity index (χ2v) is 11.3. The van der Waals surface area contributed by atoms with E-state index in [0.29, 0.717) is 31.4 Å². The second kappa shape index (κ2) is 10.6. The third-order valence-corrected chi connectivity index (χ3v) is 8.55. The molecule has 0 amide bonds.